The first-order valence-electron chi connectivity index (χ1n) is 15.9. The van der Waals surface area contributed by atoms with Crippen LogP contribution in [-0.4, -0.2) is 77.1 Å². The lowest BCUT2D eigenvalue weighted by atomic mass is 9.78. The van der Waals surface area contributed by atoms with Crippen molar-refractivity contribution < 1.29 is 24.2 Å². The number of ether oxygens (including phenoxy) is 1. The molecule has 2 unspecified atom stereocenters. The van der Waals surface area contributed by atoms with E-state index in [9.17, 15) is 19.5 Å². The van der Waals surface area contributed by atoms with Crippen LogP contribution in [0.4, 0.5) is 0 Å². The lowest BCUT2D eigenvalue weighted by Crippen LogP contribution is -2.75. The van der Waals surface area contributed by atoms with Gasteiger partial charge >= 0.3 is 0 Å². The van der Waals surface area contributed by atoms with Gasteiger partial charge in [0, 0.05) is 38.3 Å². The monoisotopic (exact) mass is 590 g/mol. The summed E-state index contributed by atoms with van der Waals surface area (Å²) in [6.45, 7) is 5.05. The Morgan fingerprint density at radius 1 is 1.02 bits per heavy atom. The van der Waals surface area contributed by atoms with Crippen molar-refractivity contribution in [1.29, 1.82) is 0 Å². The number of benzene rings is 2. The number of hydrogen-bond acceptors (Lipinski definition) is 6. The molecule has 2 atom stereocenters. The number of likely N-dealkylation sites (tertiary alicyclic amines) is 1. The molecule has 2 saturated heterocycles. The van der Waals surface area contributed by atoms with Crippen LogP contribution >= 0.6 is 0 Å². The second-order valence-corrected chi connectivity index (χ2v) is 12.4. The number of piperazine rings is 1. The minimum Gasteiger partial charge on any atom is -0.497 e. The Balaban J connectivity index is 1.16. The summed E-state index contributed by atoms with van der Waals surface area (Å²) in [4.78, 5) is 44.2. The zero-order valence-corrected chi connectivity index (χ0v) is 25.5. The van der Waals surface area contributed by atoms with Crippen molar-refractivity contribution in [2.24, 2.45) is 5.92 Å². The molecule has 0 aromatic heterocycles. The molecule has 9 nitrogen and oxygen atoms in total. The first kappa shape index (κ1) is 31.0. The molecule has 9 heteroatoms. The highest BCUT2D eigenvalue weighted by molar-refractivity contribution is 6.00. The number of piperidine rings is 1. The summed E-state index contributed by atoms with van der Waals surface area (Å²) >= 11 is 0. The van der Waals surface area contributed by atoms with Crippen molar-refractivity contribution in [3.8, 4) is 5.75 Å². The summed E-state index contributed by atoms with van der Waals surface area (Å²) in [5.74, 6) is 0.465. The minimum absolute atomic E-state index is 0.0633. The van der Waals surface area contributed by atoms with E-state index in [2.05, 4.69) is 15.5 Å². The molecule has 232 valence electrons. The van der Waals surface area contributed by atoms with Gasteiger partial charge in [0.25, 0.3) is 5.91 Å². The molecular formula is C34H46N4O5. The molecule has 3 N–H and O–H groups in total. The van der Waals surface area contributed by atoms with Crippen LogP contribution in [0.3, 0.4) is 0 Å². The third-order valence-corrected chi connectivity index (χ3v) is 9.60. The molecule has 2 aromatic carbocycles. The van der Waals surface area contributed by atoms with Crippen LogP contribution in [0.2, 0.25) is 0 Å². The topological polar surface area (TPSA) is 111 Å². The largest absolute Gasteiger partial charge is 0.497 e. The number of aliphatic hydroxyl groups excluding tert-OH is 1. The van der Waals surface area contributed by atoms with Crippen LogP contribution in [0.15, 0.2) is 48.5 Å². The Hall–Kier alpha value is -3.43. The second kappa shape index (κ2) is 13.9. The molecule has 3 fully saturated rings. The number of amides is 3. The summed E-state index contributed by atoms with van der Waals surface area (Å²) in [7, 11) is 1.63. The van der Waals surface area contributed by atoms with Gasteiger partial charge in [0.2, 0.25) is 11.8 Å². The molecular weight excluding hydrogens is 544 g/mol. The SMILES string of the molecule is CCCN1C(=O)C(C(O)C2CCCCC2)NC(=O)C12CCN(Cc1ccc(C(=O)NCc3ccc(OC)cc3)cc1)CC2. The lowest BCUT2D eigenvalue weighted by molar-refractivity contribution is -0.165. The maximum absolute atomic E-state index is 13.7. The number of rotatable bonds is 10. The standard InChI is InChI=1S/C34H46N4O5/c1-3-19-38-32(41)29(30(39)26-7-5-4-6-8-26)36-33(42)34(38)17-20-37(21-18-34)23-25-9-13-27(14-10-25)31(40)35-22-24-11-15-28(43-2)16-12-24/h9-16,26,29-30,39H,3-8,17-23H2,1-2H3,(H,35,40)(H,36,42). The number of carbonyl (C=O) groups is 3. The quantitative estimate of drug-likeness (QED) is 0.390. The Morgan fingerprint density at radius 2 is 1.67 bits per heavy atom. The number of hydrogen-bond donors (Lipinski definition) is 3. The molecule has 1 saturated carbocycles. The molecule has 5 rings (SSSR count). The fraction of sp³-hybridized carbons (Fsp3) is 0.559. The first-order chi connectivity index (χ1) is 20.8. The number of methoxy groups -OCH3 is 1. The maximum atomic E-state index is 13.7. The van der Waals surface area contributed by atoms with Crippen LogP contribution < -0.4 is 15.4 Å². The molecule has 1 spiro atoms. The Labute approximate surface area is 255 Å². The maximum Gasteiger partial charge on any atom is 0.251 e. The van der Waals surface area contributed by atoms with Crippen molar-refractivity contribution in [2.75, 3.05) is 26.7 Å². The Morgan fingerprint density at radius 3 is 2.30 bits per heavy atom. The molecule has 2 aromatic rings. The number of nitrogens with zero attached hydrogens (tertiary/aromatic N) is 2. The summed E-state index contributed by atoms with van der Waals surface area (Å²) in [6, 6.07) is 14.4. The van der Waals surface area contributed by atoms with Gasteiger partial charge in [0.15, 0.2) is 0 Å². The molecule has 3 amide bonds. The molecule has 2 aliphatic heterocycles. The zero-order chi connectivity index (χ0) is 30.4. The van der Waals surface area contributed by atoms with Crippen LogP contribution in [0, 0.1) is 5.92 Å². The van der Waals surface area contributed by atoms with Gasteiger partial charge in [0.1, 0.15) is 17.3 Å². The van der Waals surface area contributed by atoms with Crippen LogP contribution in [0.5, 0.6) is 5.75 Å². The molecule has 3 aliphatic rings. The van der Waals surface area contributed by atoms with Crippen molar-refractivity contribution in [3.63, 3.8) is 0 Å². The number of carbonyl (C=O) groups excluding carboxylic acids is 3. The van der Waals surface area contributed by atoms with Crippen LogP contribution in [0.25, 0.3) is 0 Å². The average Bonchev–Trinajstić information content (AvgIpc) is 3.05. The smallest absolute Gasteiger partial charge is 0.251 e. The zero-order valence-electron chi connectivity index (χ0n) is 25.5. The molecule has 0 bridgehead atoms. The van der Waals surface area contributed by atoms with Gasteiger partial charge in [-0.15, -0.1) is 0 Å². The first-order valence-corrected chi connectivity index (χ1v) is 15.9. The van der Waals surface area contributed by atoms with E-state index in [1.807, 2.05) is 55.5 Å². The van der Waals surface area contributed by atoms with Gasteiger partial charge in [-0.3, -0.25) is 19.3 Å². The molecule has 1 aliphatic carbocycles. The van der Waals surface area contributed by atoms with Gasteiger partial charge in [0.05, 0.1) is 13.2 Å². The summed E-state index contributed by atoms with van der Waals surface area (Å²) in [5, 5.41) is 17.1. The van der Waals surface area contributed by atoms with E-state index in [-0.39, 0.29) is 23.6 Å². The average molecular weight is 591 g/mol. The van der Waals surface area contributed by atoms with Crippen molar-refractivity contribution in [1.82, 2.24) is 20.4 Å². The van der Waals surface area contributed by atoms with Gasteiger partial charge in [-0.25, -0.2) is 0 Å². The van der Waals surface area contributed by atoms with Crippen molar-refractivity contribution >= 4 is 17.7 Å². The summed E-state index contributed by atoms with van der Waals surface area (Å²) in [6.07, 6.45) is 6.16. The Kier molecular flexibility index (Phi) is 10.0. The van der Waals surface area contributed by atoms with E-state index in [4.69, 9.17) is 4.74 Å². The van der Waals surface area contributed by atoms with Gasteiger partial charge < -0.3 is 25.4 Å². The van der Waals surface area contributed by atoms with Gasteiger partial charge in [-0.2, -0.15) is 0 Å². The summed E-state index contributed by atoms with van der Waals surface area (Å²) < 4.78 is 5.18. The van der Waals surface area contributed by atoms with Crippen LogP contribution in [0.1, 0.15) is 79.8 Å². The molecule has 2 heterocycles. The fourth-order valence-corrected chi connectivity index (χ4v) is 6.99. The van der Waals surface area contributed by atoms with Crippen LogP contribution in [-0.2, 0) is 22.7 Å². The van der Waals surface area contributed by atoms with E-state index in [0.29, 0.717) is 51.1 Å². The van der Waals surface area contributed by atoms with E-state index >= 15 is 0 Å². The van der Waals surface area contributed by atoms with E-state index in [1.54, 1.807) is 12.0 Å². The van der Waals surface area contributed by atoms with E-state index in [1.165, 1.54) is 6.42 Å². The molecule has 43 heavy (non-hydrogen) atoms. The second-order valence-electron chi connectivity index (χ2n) is 12.4. The van der Waals surface area contributed by atoms with Crippen molar-refractivity contribution in [3.05, 3.63) is 65.2 Å². The highest BCUT2D eigenvalue weighted by atomic mass is 16.5. The lowest BCUT2D eigenvalue weighted by Gasteiger charge is -2.52. The van der Waals surface area contributed by atoms with Gasteiger partial charge in [-0.05, 0) is 73.4 Å². The minimum atomic E-state index is -0.863. The van der Waals surface area contributed by atoms with Crippen molar-refractivity contribution in [2.45, 2.75) is 89.1 Å². The van der Waals surface area contributed by atoms with E-state index < -0.39 is 17.7 Å². The normalized spacial score (nSPS) is 21.8. The Bertz CT molecular complexity index is 1250. The summed E-state index contributed by atoms with van der Waals surface area (Å²) in [5.41, 5.74) is 1.83. The predicted molar refractivity (Wildman–Crippen MR) is 164 cm³/mol. The van der Waals surface area contributed by atoms with E-state index in [0.717, 1.165) is 49.0 Å². The van der Waals surface area contributed by atoms with Gasteiger partial charge in [-0.1, -0.05) is 50.5 Å². The predicted octanol–water partition coefficient (Wildman–Crippen LogP) is 3.64. The third kappa shape index (κ3) is 6.88. The third-order valence-electron chi connectivity index (χ3n) is 9.60. The number of aliphatic hydroxyl groups is 1. The fourth-order valence-electron chi connectivity index (χ4n) is 6.99. The molecule has 0 radical (unpaired) electrons. The highest BCUT2D eigenvalue weighted by Crippen LogP contribution is 2.36. The number of nitrogens with one attached hydrogen (secondary N) is 2. The highest BCUT2D eigenvalue weighted by Gasteiger charge is 2.55.